The highest BCUT2D eigenvalue weighted by Gasteiger charge is 2.10. The lowest BCUT2D eigenvalue weighted by molar-refractivity contribution is 0.415. The first-order chi connectivity index (χ1) is 8.36. The fourth-order valence-electron chi connectivity index (χ4n) is 2.27. The molecule has 0 fully saturated rings. The number of anilines is 1. The summed E-state index contributed by atoms with van der Waals surface area (Å²) in [5.74, 6) is 0.900. The second-order valence-corrected chi connectivity index (χ2v) is 4.28. The topological polar surface area (TPSA) is 21.3 Å². The zero-order valence-electron chi connectivity index (χ0n) is 9.86. The van der Waals surface area contributed by atoms with Crippen LogP contribution in [0.4, 0.5) is 5.69 Å². The van der Waals surface area contributed by atoms with E-state index in [1.165, 1.54) is 22.4 Å². The molecule has 86 valence electrons. The summed E-state index contributed by atoms with van der Waals surface area (Å²) >= 11 is 0. The smallest absolute Gasteiger partial charge is 0.118 e. The van der Waals surface area contributed by atoms with E-state index in [4.69, 9.17) is 4.74 Å². The van der Waals surface area contributed by atoms with Crippen molar-refractivity contribution in [1.82, 2.24) is 0 Å². The van der Waals surface area contributed by atoms with Crippen molar-refractivity contribution in [3.63, 3.8) is 0 Å². The first kappa shape index (κ1) is 10.2. The highest BCUT2D eigenvalue weighted by atomic mass is 16.5. The molecule has 2 nitrogen and oxygen atoms in total. The van der Waals surface area contributed by atoms with Gasteiger partial charge in [-0.15, -0.1) is 0 Å². The van der Waals surface area contributed by atoms with Gasteiger partial charge in [-0.3, -0.25) is 0 Å². The molecule has 1 N–H and O–H groups in total. The molecule has 0 unspecified atom stereocenters. The highest BCUT2D eigenvalue weighted by Crippen LogP contribution is 2.29. The Morgan fingerprint density at radius 1 is 1.00 bits per heavy atom. The standard InChI is InChI=1S/C15H15NO/c1-17-14-5-2-11(3-6-14)12-4-7-15-13(10-12)8-9-16-15/h2-7,10,16H,8-9H2,1H3. The van der Waals surface area contributed by atoms with Crippen molar-refractivity contribution in [2.45, 2.75) is 6.42 Å². The van der Waals surface area contributed by atoms with Crippen molar-refractivity contribution in [1.29, 1.82) is 0 Å². The summed E-state index contributed by atoms with van der Waals surface area (Å²) in [6.07, 6.45) is 1.12. The zero-order valence-corrected chi connectivity index (χ0v) is 9.86. The Kier molecular flexibility index (Phi) is 2.48. The van der Waals surface area contributed by atoms with Crippen LogP contribution < -0.4 is 10.1 Å². The summed E-state index contributed by atoms with van der Waals surface area (Å²) in [5, 5.41) is 3.38. The number of fused-ring (bicyclic) bond motifs is 1. The highest BCUT2D eigenvalue weighted by molar-refractivity contribution is 5.70. The molecule has 0 saturated carbocycles. The molecule has 0 radical (unpaired) electrons. The Balaban J connectivity index is 1.97. The second-order valence-electron chi connectivity index (χ2n) is 4.28. The molecule has 2 aromatic carbocycles. The van der Waals surface area contributed by atoms with Crippen molar-refractivity contribution in [2.24, 2.45) is 0 Å². The number of benzene rings is 2. The Bertz CT molecular complexity index is 531. The fourth-order valence-corrected chi connectivity index (χ4v) is 2.27. The van der Waals surface area contributed by atoms with E-state index >= 15 is 0 Å². The summed E-state index contributed by atoms with van der Waals surface area (Å²) in [5.41, 5.74) is 5.20. The normalized spacial score (nSPS) is 13.0. The lowest BCUT2D eigenvalue weighted by Crippen LogP contribution is -1.90. The minimum Gasteiger partial charge on any atom is -0.497 e. The predicted molar refractivity (Wildman–Crippen MR) is 70.6 cm³/mol. The van der Waals surface area contributed by atoms with Gasteiger partial charge in [0.2, 0.25) is 0 Å². The number of hydrogen-bond acceptors (Lipinski definition) is 2. The maximum Gasteiger partial charge on any atom is 0.118 e. The average Bonchev–Trinajstić information content (AvgIpc) is 2.86. The Morgan fingerprint density at radius 2 is 1.76 bits per heavy atom. The van der Waals surface area contributed by atoms with Gasteiger partial charge in [0, 0.05) is 12.2 Å². The van der Waals surface area contributed by atoms with Crippen molar-refractivity contribution in [3.05, 3.63) is 48.0 Å². The monoisotopic (exact) mass is 225 g/mol. The van der Waals surface area contributed by atoms with Crippen LogP contribution in [-0.2, 0) is 6.42 Å². The van der Waals surface area contributed by atoms with Crippen molar-refractivity contribution in [3.8, 4) is 16.9 Å². The first-order valence-corrected chi connectivity index (χ1v) is 5.88. The molecular weight excluding hydrogens is 210 g/mol. The third-order valence-corrected chi connectivity index (χ3v) is 3.24. The summed E-state index contributed by atoms with van der Waals surface area (Å²) in [6, 6.07) is 14.8. The van der Waals surface area contributed by atoms with Gasteiger partial charge in [0.15, 0.2) is 0 Å². The van der Waals surface area contributed by atoms with E-state index in [2.05, 4.69) is 35.6 Å². The maximum absolute atomic E-state index is 5.17. The number of rotatable bonds is 2. The van der Waals surface area contributed by atoms with Crippen LogP contribution >= 0.6 is 0 Å². The van der Waals surface area contributed by atoms with Crippen LogP contribution in [0.15, 0.2) is 42.5 Å². The van der Waals surface area contributed by atoms with Crippen LogP contribution in [0.5, 0.6) is 5.75 Å². The van der Waals surface area contributed by atoms with Gasteiger partial charge in [-0.05, 0) is 47.4 Å². The van der Waals surface area contributed by atoms with Gasteiger partial charge in [-0.25, -0.2) is 0 Å². The number of methoxy groups -OCH3 is 1. The molecule has 17 heavy (non-hydrogen) atoms. The van der Waals surface area contributed by atoms with Crippen LogP contribution in [0.2, 0.25) is 0 Å². The Hall–Kier alpha value is -1.96. The predicted octanol–water partition coefficient (Wildman–Crippen LogP) is 3.33. The van der Waals surface area contributed by atoms with E-state index in [1.807, 2.05) is 12.1 Å². The minimum atomic E-state index is 0.900. The van der Waals surface area contributed by atoms with Gasteiger partial charge in [-0.2, -0.15) is 0 Å². The molecule has 1 aliphatic heterocycles. The molecule has 0 saturated heterocycles. The third kappa shape index (κ3) is 1.86. The molecule has 0 aliphatic carbocycles. The average molecular weight is 225 g/mol. The van der Waals surface area contributed by atoms with Crippen molar-refractivity contribution < 1.29 is 4.74 Å². The molecule has 2 aromatic rings. The second kappa shape index (κ2) is 4.13. The molecule has 0 amide bonds. The van der Waals surface area contributed by atoms with Crippen LogP contribution in [0.3, 0.4) is 0 Å². The van der Waals surface area contributed by atoms with E-state index in [-0.39, 0.29) is 0 Å². The zero-order chi connectivity index (χ0) is 11.7. The van der Waals surface area contributed by atoms with Gasteiger partial charge < -0.3 is 10.1 Å². The van der Waals surface area contributed by atoms with Gasteiger partial charge >= 0.3 is 0 Å². The van der Waals surface area contributed by atoms with E-state index in [9.17, 15) is 0 Å². The lowest BCUT2D eigenvalue weighted by atomic mass is 10.0. The molecule has 1 heterocycles. The van der Waals surface area contributed by atoms with E-state index in [0.29, 0.717) is 0 Å². The molecule has 1 aliphatic rings. The third-order valence-electron chi connectivity index (χ3n) is 3.24. The quantitative estimate of drug-likeness (QED) is 0.846. The molecule has 0 spiro atoms. The minimum absolute atomic E-state index is 0.900. The van der Waals surface area contributed by atoms with Crippen molar-refractivity contribution >= 4 is 5.69 Å². The lowest BCUT2D eigenvalue weighted by Gasteiger charge is -2.06. The summed E-state index contributed by atoms with van der Waals surface area (Å²) < 4.78 is 5.17. The summed E-state index contributed by atoms with van der Waals surface area (Å²) in [7, 11) is 1.69. The largest absolute Gasteiger partial charge is 0.497 e. The van der Waals surface area contributed by atoms with Crippen LogP contribution in [0.1, 0.15) is 5.56 Å². The molecule has 0 atom stereocenters. The van der Waals surface area contributed by atoms with E-state index in [0.717, 1.165) is 18.7 Å². The molecule has 2 heteroatoms. The van der Waals surface area contributed by atoms with E-state index in [1.54, 1.807) is 7.11 Å². The van der Waals surface area contributed by atoms with Crippen LogP contribution in [-0.4, -0.2) is 13.7 Å². The maximum atomic E-state index is 5.17. The number of nitrogens with one attached hydrogen (secondary N) is 1. The number of ether oxygens (including phenoxy) is 1. The SMILES string of the molecule is COc1ccc(-c2ccc3c(c2)CCN3)cc1. The molecule has 0 bridgehead atoms. The molecule has 0 aromatic heterocycles. The van der Waals surface area contributed by atoms with Crippen LogP contribution in [0, 0.1) is 0 Å². The number of hydrogen-bond donors (Lipinski definition) is 1. The van der Waals surface area contributed by atoms with Gasteiger partial charge in [-0.1, -0.05) is 18.2 Å². The fraction of sp³-hybridized carbons (Fsp3) is 0.200. The van der Waals surface area contributed by atoms with Crippen molar-refractivity contribution in [2.75, 3.05) is 19.0 Å². The van der Waals surface area contributed by atoms with Gasteiger partial charge in [0.05, 0.1) is 7.11 Å². The van der Waals surface area contributed by atoms with Gasteiger partial charge in [0.1, 0.15) is 5.75 Å². The molecule has 3 rings (SSSR count). The van der Waals surface area contributed by atoms with Crippen LogP contribution in [0.25, 0.3) is 11.1 Å². The first-order valence-electron chi connectivity index (χ1n) is 5.88. The summed E-state index contributed by atoms with van der Waals surface area (Å²) in [4.78, 5) is 0. The molecular formula is C15H15NO. The Morgan fingerprint density at radius 3 is 2.53 bits per heavy atom. The van der Waals surface area contributed by atoms with Gasteiger partial charge in [0.25, 0.3) is 0 Å². The summed E-state index contributed by atoms with van der Waals surface area (Å²) in [6.45, 7) is 1.06. The van der Waals surface area contributed by atoms with E-state index < -0.39 is 0 Å². The Labute approximate surface area is 101 Å².